The Morgan fingerprint density at radius 2 is 1.67 bits per heavy atom. The molecule has 0 bridgehead atoms. The summed E-state index contributed by atoms with van der Waals surface area (Å²) in [6.07, 6.45) is 7.89. The first-order valence-corrected chi connectivity index (χ1v) is 12.8. The summed E-state index contributed by atoms with van der Waals surface area (Å²) in [4.78, 5) is 42.2. The van der Waals surface area contributed by atoms with Crippen molar-refractivity contribution in [1.82, 2.24) is 15.5 Å². The molecule has 36 heavy (non-hydrogen) atoms. The number of carbonyl (C=O) groups is 3. The fraction of sp³-hybridized carbons (Fsp3) is 0.621. The maximum absolute atomic E-state index is 14.2. The minimum atomic E-state index is -0.857. The van der Waals surface area contributed by atoms with Crippen LogP contribution < -0.4 is 10.6 Å². The summed E-state index contributed by atoms with van der Waals surface area (Å²) in [7, 11) is 0. The van der Waals surface area contributed by atoms with Gasteiger partial charge in [0.2, 0.25) is 11.8 Å². The Morgan fingerprint density at radius 3 is 2.08 bits per heavy atom. The molecule has 1 aromatic carbocycles. The molecule has 0 saturated heterocycles. The average Bonchev–Trinajstić information content (AvgIpc) is 2.68. The predicted octanol–water partition coefficient (Wildman–Crippen LogP) is 4.94. The Balaban J connectivity index is 2.52. The highest BCUT2D eigenvalue weighted by atomic mass is 16.6. The normalized spacial score (nSPS) is 15.8. The lowest BCUT2D eigenvalue weighted by Crippen LogP contribution is -2.58. The molecule has 0 aliphatic heterocycles. The second-order valence-electron chi connectivity index (χ2n) is 12.1. The van der Waals surface area contributed by atoms with Gasteiger partial charge in [-0.25, -0.2) is 4.79 Å². The van der Waals surface area contributed by atoms with Crippen molar-refractivity contribution in [2.75, 3.05) is 0 Å². The highest BCUT2D eigenvalue weighted by molar-refractivity contribution is 5.92. The van der Waals surface area contributed by atoms with E-state index in [9.17, 15) is 14.4 Å². The minimum absolute atomic E-state index is 0.101. The molecule has 2 atom stereocenters. The molecule has 2 N–H and O–H groups in total. The lowest BCUT2D eigenvalue weighted by atomic mass is 9.87. The molecule has 1 aromatic rings. The number of nitrogens with one attached hydrogen (secondary N) is 2. The quantitative estimate of drug-likeness (QED) is 0.498. The van der Waals surface area contributed by atoms with Gasteiger partial charge in [0.1, 0.15) is 17.7 Å². The molecule has 0 spiro atoms. The fourth-order valence-electron chi connectivity index (χ4n) is 4.14. The third kappa shape index (κ3) is 8.58. The smallest absolute Gasteiger partial charge is 0.408 e. The van der Waals surface area contributed by atoms with E-state index >= 15 is 0 Å². The van der Waals surface area contributed by atoms with Gasteiger partial charge >= 0.3 is 6.09 Å². The van der Waals surface area contributed by atoms with Gasteiger partial charge in [-0.15, -0.1) is 6.42 Å². The van der Waals surface area contributed by atoms with Gasteiger partial charge in [0, 0.05) is 17.1 Å². The van der Waals surface area contributed by atoms with Crippen molar-refractivity contribution in [2.24, 2.45) is 5.92 Å². The van der Waals surface area contributed by atoms with Gasteiger partial charge in [0.15, 0.2) is 0 Å². The number of amides is 3. The van der Waals surface area contributed by atoms with Crippen LogP contribution in [0.15, 0.2) is 24.3 Å². The molecule has 7 nitrogen and oxygen atoms in total. The number of rotatable bonds is 8. The predicted molar refractivity (Wildman–Crippen MR) is 142 cm³/mol. The fourth-order valence-corrected chi connectivity index (χ4v) is 4.14. The van der Waals surface area contributed by atoms with Gasteiger partial charge < -0.3 is 20.3 Å². The van der Waals surface area contributed by atoms with Crippen LogP contribution >= 0.6 is 0 Å². The Hall–Kier alpha value is -3.01. The number of terminal acetylenes is 1. The monoisotopic (exact) mass is 497 g/mol. The van der Waals surface area contributed by atoms with Crippen molar-refractivity contribution in [2.45, 2.75) is 110 Å². The van der Waals surface area contributed by atoms with Gasteiger partial charge in [-0.2, -0.15) is 0 Å². The first-order chi connectivity index (χ1) is 16.6. The lowest BCUT2D eigenvalue weighted by Gasteiger charge is -2.44. The molecular formula is C29H43N3O4. The van der Waals surface area contributed by atoms with E-state index in [2.05, 4.69) is 16.6 Å². The van der Waals surface area contributed by atoms with Crippen molar-refractivity contribution >= 4 is 17.9 Å². The van der Waals surface area contributed by atoms with Crippen LogP contribution in [0.1, 0.15) is 98.2 Å². The van der Waals surface area contributed by atoms with E-state index in [1.165, 1.54) is 0 Å². The van der Waals surface area contributed by atoms with Crippen molar-refractivity contribution in [1.29, 1.82) is 0 Å². The molecular weight excluding hydrogens is 454 g/mol. The summed E-state index contributed by atoms with van der Waals surface area (Å²) in [6, 6.07) is 5.39. The third-order valence-electron chi connectivity index (χ3n) is 5.84. The second-order valence-corrected chi connectivity index (χ2v) is 12.1. The number of carbonyl (C=O) groups excluding carboxylic acids is 3. The second kappa shape index (κ2) is 11.8. The van der Waals surface area contributed by atoms with Crippen LogP contribution in [-0.4, -0.2) is 46.0 Å². The zero-order valence-electron chi connectivity index (χ0n) is 23.1. The molecule has 3 amide bonds. The van der Waals surface area contributed by atoms with E-state index in [0.717, 1.165) is 19.3 Å². The van der Waals surface area contributed by atoms with Crippen molar-refractivity contribution in [3.8, 4) is 12.3 Å². The maximum Gasteiger partial charge on any atom is 0.408 e. The molecule has 1 aliphatic carbocycles. The van der Waals surface area contributed by atoms with E-state index in [0.29, 0.717) is 17.5 Å². The number of hydrogen-bond acceptors (Lipinski definition) is 4. The summed E-state index contributed by atoms with van der Waals surface area (Å²) in [5.74, 6) is 2.18. The van der Waals surface area contributed by atoms with Gasteiger partial charge in [-0.1, -0.05) is 31.9 Å². The van der Waals surface area contributed by atoms with Crippen LogP contribution in [0.3, 0.4) is 0 Å². The molecule has 2 unspecified atom stereocenters. The number of alkyl carbamates (subject to hydrolysis) is 1. The summed E-state index contributed by atoms with van der Waals surface area (Å²) >= 11 is 0. The largest absolute Gasteiger partial charge is 0.444 e. The maximum atomic E-state index is 14.2. The van der Waals surface area contributed by atoms with Crippen molar-refractivity contribution < 1.29 is 19.1 Å². The van der Waals surface area contributed by atoms with E-state index in [4.69, 9.17) is 11.2 Å². The molecule has 7 heteroatoms. The van der Waals surface area contributed by atoms with Gasteiger partial charge in [0.05, 0.1) is 0 Å². The molecule has 0 radical (unpaired) electrons. The zero-order chi connectivity index (χ0) is 27.3. The molecule has 2 rings (SSSR count). The Kier molecular flexibility index (Phi) is 9.59. The van der Waals surface area contributed by atoms with E-state index < -0.39 is 29.3 Å². The first-order valence-electron chi connectivity index (χ1n) is 12.8. The van der Waals surface area contributed by atoms with Crippen LogP contribution in [0.2, 0.25) is 0 Å². The number of ether oxygens (including phenoxy) is 1. The van der Waals surface area contributed by atoms with E-state index in [-0.39, 0.29) is 23.8 Å². The van der Waals surface area contributed by atoms with Crippen LogP contribution in [0.4, 0.5) is 4.79 Å². The third-order valence-corrected chi connectivity index (χ3v) is 5.84. The molecule has 1 saturated carbocycles. The molecule has 1 fully saturated rings. The summed E-state index contributed by atoms with van der Waals surface area (Å²) < 4.78 is 5.45. The highest BCUT2D eigenvalue weighted by Crippen LogP contribution is 2.34. The van der Waals surface area contributed by atoms with E-state index in [1.807, 2.05) is 34.6 Å². The van der Waals surface area contributed by atoms with Crippen molar-refractivity contribution in [3.63, 3.8) is 0 Å². The summed E-state index contributed by atoms with van der Waals surface area (Å²) in [5.41, 5.74) is 0.182. The number of nitrogens with zero attached hydrogens (tertiary/aromatic N) is 1. The van der Waals surface area contributed by atoms with Crippen LogP contribution in [0, 0.1) is 18.3 Å². The first kappa shape index (κ1) is 29.2. The van der Waals surface area contributed by atoms with Crippen molar-refractivity contribution in [3.05, 3.63) is 35.4 Å². The topological polar surface area (TPSA) is 87.7 Å². The van der Waals surface area contributed by atoms with Crippen LogP contribution in [0.5, 0.6) is 0 Å². The average molecular weight is 498 g/mol. The highest BCUT2D eigenvalue weighted by Gasteiger charge is 2.42. The molecule has 0 heterocycles. The Bertz CT molecular complexity index is 960. The Morgan fingerprint density at radius 1 is 1.08 bits per heavy atom. The van der Waals surface area contributed by atoms with Crippen LogP contribution in [-0.2, 0) is 14.3 Å². The standard InChI is InChI=1S/C29H43N3O4/c1-10-20-14-16-21(17-15-20)24(25(33)31-28(4,5)6)32(22-12-11-13-22)26(34)23(18-19(2)3)30-27(35)36-29(7,8)9/h1,14-17,19,22-24H,11-13,18H2,2-9H3,(H,30,35)(H,31,33). The molecule has 1 aliphatic rings. The molecule has 0 aromatic heterocycles. The SMILES string of the molecule is C#Cc1ccc(C(C(=O)NC(C)(C)C)N(C(=O)C(CC(C)C)NC(=O)OC(C)(C)C)C2CCC2)cc1. The van der Waals surface area contributed by atoms with Gasteiger partial charge in [-0.3, -0.25) is 9.59 Å². The summed E-state index contributed by atoms with van der Waals surface area (Å²) in [5, 5.41) is 5.84. The number of hydrogen-bond donors (Lipinski definition) is 2. The molecule has 198 valence electrons. The van der Waals surface area contributed by atoms with E-state index in [1.54, 1.807) is 49.9 Å². The lowest BCUT2D eigenvalue weighted by molar-refractivity contribution is -0.148. The summed E-state index contributed by atoms with van der Waals surface area (Å²) in [6.45, 7) is 15.0. The Labute approximate surface area is 216 Å². The van der Waals surface area contributed by atoms with Gasteiger partial charge in [-0.05, 0) is 90.8 Å². The van der Waals surface area contributed by atoms with Crippen LogP contribution in [0.25, 0.3) is 0 Å². The number of benzene rings is 1. The minimum Gasteiger partial charge on any atom is -0.444 e. The van der Waals surface area contributed by atoms with Gasteiger partial charge in [0.25, 0.3) is 0 Å². The zero-order valence-corrected chi connectivity index (χ0v) is 23.1.